The highest BCUT2D eigenvalue weighted by atomic mass is 16.1. The Morgan fingerprint density at radius 3 is 2.41 bits per heavy atom. The zero-order valence-corrected chi connectivity index (χ0v) is 12.1. The predicted molar refractivity (Wildman–Crippen MR) is 90.7 cm³/mol. The second-order valence-electron chi connectivity index (χ2n) is 5.76. The van der Waals surface area contributed by atoms with E-state index in [4.69, 9.17) is 0 Å². The van der Waals surface area contributed by atoms with Gasteiger partial charge >= 0.3 is 0 Å². The van der Waals surface area contributed by atoms with Gasteiger partial charge in [0.1, 0.15) is 0 Å². The van der Waals surface area contributed by atoms with E-state index in [0.717, 1.165) is 17.4 Å². The van der Waals surface area contributed by atoms with E-state index in [1.165, 1.54) is 16.7 Å². The van der Waals surface area contributed by atoms with E-state index in [1.807, 2.05) is 24.3 Å². The molecule has 2 aromatic carbocycles. The zero-order chi connectivity index (χ0) is 14.9. The van der Waals surface area contributed by atoms with Gasteiger partial charge in [0.05, 0.1) is 0 Å². The van der Waals surface area contributed by atoms with Crippen molar-refractivity contribution in [2.45, 2.75) is 5.92 Å². The third kappa shape index (κ3) is 1.98. The van der Waals surface area contributed by atoms with E-state index in [2.05, 4.69) is 54.6 Å². The van der Waals surface area contributed by atoms with Gasteiger partial charge in [-0.1, -0.05) is 78.9 Å². The molecule has 0 bridgehead atoms. The Labute approximate surface area is 130 Å². The highest BCUT2D eigenvalue weighted by Gasteiger charge is 2.30. The van der Waals surface area contributed by atoms with Crippen LogP contribution in [0.1, 0.15) is 33.0 Å². The minimum absolute atomic E-state index is 0.293. The summed E-state index contributed by atoms with van der Waals surface area (Å²) in [4.78, 5) is 11.4. The SMILES string of the molecule is O=Cc1ccccc1C1=Cc2ccccc2C2C=CC=CC12. The Bertz CT molecular complexity index is 823. The van der Waals surface area contributed by atoms with Crippen LogP contribution < -0.4 is 0 Å². The lowest BCUT2D eigenvalue weighted by atomic mass is 9.71. The molecule has 2 aliphatic carbocycles. The fourth-order valence-electron chi connectivity index (χ4n) is 3.53. The van der Waals surface area contributed by atoms with Crippen LogP contribution in [0.2, 0.25) is 0 Å². The van der Waals surface area contributed by atoms with E-state index in [1.54, 1.807) is 0 Å². The molecule has 2 aromatic rings. The zero-order valence-electron chi connectivity index (χ0n) is 12.1. The highest BCUT2D eigenvalue weighted by molar-refractivity contribution is 5.94. The first-order valence-corrected chi connectivity index (χ1v) is 7.58. The molecule has 0 radical (unpaired) electrons. The number of hydrogen-bond acceptors (Lipinski definition) is 1. The normalized spacial score (nSPS) is 21.7. The molecule has 0 saturated carbocycles. The Balaban J connectivity index is 1.95. The summed E-state index contributed by atoms with van der Waals surface area (Å²) in [5, 5.41) is 0. The molecular formula is C21H16O. The fourth-order valence-corrected chi connectivity index (χ4v) is 3.53. The van der Waals surface area contributed by atoms with Gasteiger partial charge in [-0.2, -0.15) is 0 Å². The van der Waals surface area contributed by atoms with E-state index in [-0.39, 0.29) is 0 Å². The molecule has 2 atom stereocenters. The Morgan fingerprint density at radius 1 is 0.818 bits per heavy atom. The van der Waals surface area contributed by atoms with Crippen molar-refractivity contribution in [3.05, 3.63) is 95.1 Å². The number of carbonyl (C=O) groups is 1. The third-order valence-electron chi connectivity index (χ3n) is 4.56. The summed E-state index contributed by atoms with van der Waals surface area (Å²) in [7, 11) is 0. The Morgan fingerprint density at radius 2 is 1.55 bits per heavy atom. The smallest absolute Gasteiger partial charge is 0.150 e. The molecule has 1 heteroatoms. The number of fused-ring (bicyclic) bond motifs is 3. The maximum Gasteiger partial charge on any atom is 0.150 e. The van der Waals surface area contributed by atoms with Gasteiger partial charge in [-0.05, 0) is 22.3 Å². The van der Waals surface area contributed by atoms with Crippen LogP contribution in [0.5, 0.6) is 0 Å². The van der Waals surface area contributed by atoms with Gasteiger partial charge in [-0.3, -0.25) is 4.79 Å². The third-order valence-corrected chi connectivity index (χ3v) is 4.56. The largest absolute Gasteiger partial charge is 0.298 e. The minimum Gasteiger partial charge on any atom is -0.298 e. The summed E-state index contributed by atoms with van der Waals surface area (Å²) in [5.74, 6) is 0.641. The molecule has 0 aliphatic heterocycles. The molecule has 0 fully saturated rings. The Kier molecular flexibility index (Phi) is 3.12. The predicted octanol–water partition coefficient (Wildman–Crippen LogP) is 4.88. The van der Waals surface area contributed by atoms with E-state index in [9.17, 15) is 4.79 Å². The maximum absolute atomic E-state index is 11.4. The van der Waals surface area contributed by atoms with Crippen LogP contribution in [0, 0.1) is 5.92 Å². The molecule has 0 N–H and O–H groups in total. The van der Waals surface area contributed by atoms with Gasteiger partial charge in [-0.15, -0.1) is 0 Å². The van der Waals surface area contributed by atoms with Crippen LogP contribution in [-0.2, 0) is 0 Å². The van der Waals surface area contributed by atoms with Crippen LogP contribution >= 0.6 is 0 Å². The maximum atomic E-state index is 11.4. The summed E-state index contributed by atoms with van der Waals surface area (Å²) in [6.07, 6.45) is 11.9. The summed E-state index contributed by atoms with van der Waals surface area (Å²) >= 11 is 0. The molecule has 0 aromatic heterocycles. The number of aldehydes is 1. The number of benzene rings is 2. The first-order valence-electron chi connectivity index (χ1n) is 7.58. The quantitative estimate of drug-likeness (QED) is 0.718. The molecule has 106 valence electrons. The second-order valence-corrected chi connectivity index (χ2v) is 5.76. The number of rotatable bonds is 2. The molecule has 22 heavy (non-hydrogen) atoms. The van der Waals surface area contributed by atoms with Crippen molar-refractivity contribution < 1.29 is 4.79 Å². The van der Waals surface area contributed by atoms with Gasteiger partial charge in [-0.25, -0.2) is 0 Å². The molecule has 2 aliphatic rings. The van der Waals surface area contributed by atoms with Crippen molar-refractivity contribution in [2.24, 2.45) is 5.92 Å². The standard InChI is InChI=1S/C21H16O/c22-14-16-8-2-4-10-18(16)21-13-15-7-1-3-9-17(15)19-11-5-6-12-20(19)21/h1-14,19-20H. The van der Waals surface area contributed by atoms with Crippen LogP contribution in [0.3, 0.4) is 0 Å². The van der Waals surface area contributed by atoms with E-state index < -0.39 is 0 Å². The van der Waals surface area contributed by atoms with E-state index >= 15 is 0 Å². The van der Waals surface area contributed by atoms with Gasteiger partial charge < -0.3 is 0 Å². The fraction of sp³-hybridized carbons (Fsp3) is 0.0952. The van der Waals surface area contributed by atoms with Crippen LogP contribution in [0.25, 0.3) is 11.6 Å². The Hall–Kier alpha value is -2.67. The first kappa shape index (κ1) is 13.0. The topological polar surface area (TPSA) is 17.1 Å². The van der Waals surface area contributed by atoms with E-state index in [0.29, 0.717) is 11.8 Å². The molecule has 4 rings (SSSR count). The summed E-state index contributed by atoms with van der Waals surface area (Å²) in [6.45, 7) is 0. The molecule has 0 saturated heterocycles. The highest BCUT2D eigenvalue weighted by Crippen LogP contribution is 2.45. The van der Waals surface area contributed by atoms with Crippen molar-refractivity contribution in [1.29, 1.82) is 0 Å². The van der Waals surface area contributed by atoms with Crippen molar-refractivity contribution in [3.63, 3.8) is 0 Å². The molecule has 2 unspecified atom stereocenters. The number of hydrogen-bond donors (Lipinski definition) is 0. The molecule has 0 spiro atoms. The van der Waals surface area contributed by atoms with Crippen molar-refractivity contribution >= 4 is 17.9 Å². The second kappa shape index (κ2) is 5.27. The monoisotopic (exact) mass is 284 g/mol. The van der Waals surface area contributed by atoms with Crippen molar-refractivity contribution in [1.82, 2.24) is 0 Å². The van der Waals surface area contributed by atoms with Crippen LogP contribution in [0.4, 0.5) is 0 Å². The van der Waals surface area contributed by atoms with Crippen molar-refractivity contribution in [2.75, 3.05) is 0 Å². The molecule has 1 nitrogen and oxygen atoms in total. The average molecular weight is 284 g/mol. The summed E-state index contributed by atoms with van der Waals surface area (Å²) < 4.78 is 0. The number of allylic oxidation sites excluding steroid dienone is 5. The van der Waals surface area contributed by atoms with Crippen LogP contribution in [0.15, 0.2) is 72.8 Å². The summed E-state index contributed by atoms with van der Waals surface area (Å²) in [5.41, 5.74) is 5.64. The van der Waals surface area contributed by atoms with Gasteiger partial charge in [0, 0.05) is 17.4 Å². The van der Waals surface area contributed by atoms with Crippen LogP contribution in [-0.4, -0.2) is 6.29 Å². The number of carbonyl (C=O) groups excluding carboxylic acids is 1. The molecule has 0 amide bonds. The van der Waals surface area contributed by atoms with Gasteiger partial charge in [0.25, 0.3) is 0 Å². The summed E-state index contributed by atoms with van der Waals surface area (Å²) in [6, 6.07) is 16.4. The average Bonchev–Trinajstić information content (AvgIpc) is 2.61. The van der Waals surface area contributed by atoms with Gasteiger partial charge in [0.2, 0.25) is 0 Å². The van der Waals surface area contributed by atoms with Crippen molar-refractivity contribution in [3.8, 4) is 0 Å². The lowest BCUT2D eigenvalue weighted by Gasteiger charge is -2.33. The molecular weight excluding hydrogens is 268 g/mol. The lowest BCUT2D eigenvalue weighted by Crippen LogP contribution is -2.18. The molecule has 0 heterocycles. The minimum atomic E-state index is 0.293. The lowest BCUT2D eigenvalue weighted by molar-refractivity contribution is 0.112. The first-order chi connectivity index (χ1) is 10.9. The van der Waals surface area contributed by atoms with Gasteiger partial charge in [0.15, 0.2) is 6.29 Å².